The highest BCUT2D eigenvalue weighted by Crippen LogP contribution is 2.46. The van der Waals surface area contributed by atoms with Gasteiger partial charge in [0, 0.05) is 24.4 Å². The molecule has 1 saturated heterocycles. The average Bonchev–Trinajstić information content (AvgIpc) is 3.93. The van der Waals surface area contributed by atoms with Crippen LogP contribution in [0.5, 0.6) is 0 Å². The molecule has 0 radical (unpaired) electrons. The Labute approximate surface area is 296 Å². The van der Waals surface area contributed by atoms with E-state index in [4.69, 9.17) is 9.47 Å². The number of hydrogen-bond acceptors (Lipinski definition) is 11. The number of nitrogens with zero attached hydrogens (tertiary/aromatic N) is 3. The van der Waals surface area contributed by atoms with Crippen molar-refractivity contribution in [2.24, 2.45) is 5.92 Å². The van der Waals surface area contributed by atoms with E-state index in [1.807, 2.05) is 12.2 Å². The summed E-state index contributed by atoms with van der Waals surface area (Å²) in [6.07, 6.45) is 4.24. The molecule has 17 heteroatoms. The molecule has 3 aliphatic heterocycles. The van der Waals surface area contributed by atoms with Crippen LogP contribution in [0.2, 0.25) is 0 Å². The first-order valence-electron chi connectivity index (χ1n) is 17.6. The van der Waals surface area contributed by atoms with Crippen molar-refractivity contribution in [1.29, 1.82) is 0 Å². The van der Waals surface area contributed by atoms with Crippen LogP contribution >= 0.6 is 0 Å². The number of carbonyl (C=O) groups excluding carboxylic acids is 4. The van der Waals surface area contributed by atoms with Crippen molar-refractivity contribution in [1.82, 2.24) is 30.4 Å². The van der Waals surface area contributed by atoms with Gasteiger partial charge in [0.05, 0.1) is 18.3 Å². The van der Waals surface area contributed by atoms with Gasteiger partial charge in [0.1, 0.15) is 35.3 Å². The fourth-order valence-electron chi connectivity index (χ4n) is 6.93. The van der Waals surface area contributed by atoms with E-state index in [1.165, 1.54) is 16.0 Å². The molecule has 5 unspecified atom stereocenters. The number of allylic oxidation sites excluding steroid dienone is 1. The lowest BCUT2D eigenvalue weighted by Crippen LogP contribution is -2.61. The molecular formula is C34H47FN6O9S. The van der Waals surface area contributed by atoms with Crippen LogP contribution in [-0.2, 0) is 42.2 Å². The van der Waals surface area contributed by atoms with Crippen molar-refractivity contribution in [3.05, 3.63) is 47.3 Å². The second-order valence-electron chi connectivity index (χ2n) is 15.1. The molecule has 1 aromatic rings. The molecule has 280 valence electrons. The van der Waals surface area contributed by atoms with Crippen LogP contribution in [0.4, 0.5) is 14.0 Å². The number of ether oxygens (including phenoxy) is 2. The highest BCUT2D eigenvalue weighted by atomic mass is 32.2. The Hall–Kier alpha value is -3.80. The maximum absolute atomic E-state index is 14.4. The van der Waals surface area contributed by atoms with Gasteiger partial charge in [0.25, 0.3) is 5.91 Å². The van der Waals surface area contributed by atoms with E-state index in [0.717, 1.165) is 18.0 Å². The predicted octanol–water partition coefficient (Wildman–Crippen LogP) is 3.18. The van der Waals surface area contributed by atoms with Crippen LogP contribution in [-0.4, -0.2) is 94.0 Å². The zero-order chi connectivity index (χ0) is 36.7. The molecule has 4 amide bonds. The van der Waals surface area contributed by atoms with Crippen LogP contribution in [0.25, 0.3) is 0 Å². The standard InChI is InChI=1S/C34H47FN6O9S/c1-33(2,3)50-31(44)36-28-13-8-6-4-5-7-11-22-17-34(22,30(43)38-51(47,48)24-14-15-24)37-29(42)27-16-23(19-40(27)41(28)46)49-32(45)39-18-21-10-9-12-26(35)25(21)20-39/h7,9-12,22-24,27-28,46H,4-6,8,13-20H2,1-3H3,(H,36,44)(H,37,42)(H,38,43). The number of amides is 4. The molecule has 0 spiro atoms. The zero-order valence-corrected chi connectivity index (χ0v) is 29.9. The lowest BCUT2D eigenvalue weighted by molar-refractivity contribution is -0.281. The van der Waals surface area contributed by atoms with E-state index in [9.17, 15) is 37.2 Å². The first-order valence-corrected chi connectivity index (χ1v) is 19.1. The molecule has 2 aliphatic carbocycles. The Bertz CT molecular complexity index is 1680. The summed E-state index contributed by atoms with van der Waals surface area (Å²) in [5.74, 6) is -2.43. The second kappa shape index (κ2) is 14.3. The van der Waals surface area contributed by atoms with Gasteiger partial charge in [-0.25, -0.2) is 27.4 Å². The maximum atomic E-state index is 14.4. The Balaban J connectivity index is 1.25. The molecule has 1 aromatic carbocycles. The highest BCUT2D eigenvalue weighted by Gasteiger charge is 2.62. The Morgan fingerprint density at radius 3 is 2.57 bits per heavy atom. The van der Waals surface area contributed by atoms with Gasteiger partial charge in [-0.15, -0.1) is 5.17 Å². The number of sulfonamides is 1. The van der Waals surface area contributed by atoms with Gasteiger partial charge in [0.2, 0.25) is 15.9 Å². The minimum atomic E-state index is -3.91. The minimum Gasteiger partial charge on any atom is -0.445 e. The molecule has 0 bridgehead atoms. The molecule has 3 heterocycles. The van der Waals surface area contributed by atoms with Crippen molar-refractivity contribution < 1.29 is 46.7 Å². The highest BCUT2D eigenvalue weighted by molar-refractivity contribution is 7.91. The van der Waals surface area contributed by atoms with E-state index in [0.29, 0.717) is 36.8 Å². The normalized spacial score (nSPS) is 29.0. The summed E-state index contributed by atoms with van der Waals surface area (Å²) in [5, 5.41) is 18.5. The van der Waals surface area contributed by atoms with Crippen molar-refractivity contribution in [3.63, 3.8) is 0 Å². The third-order valence-electron chi connectivity index (χ3n) is 9.90. The first-order chi connectivity index (χ1) is 24.1. The third kappa shape index (κ3) is 8.47. The molecule has 6 rings (SSSR count). The van der Waals surface area contributed by atoms with Gasteiger partial charge in [-0.05, 0) is 77.3 Å². The number of halogens is 1. The number of hydrogen-bond donors (Lipinski definition) is 4. The number of nitrogens with one attached hydrogen (secondary N) is 3. The van der Waals surface area contributed by atoms with Gasteiger partial charge in [-0.2, -0.15) is 0 Å². The molecule has 0 aromatic heterocycles. The van der Waals surface area contributed by atoms with Crippen LogP contribution in [0, 0.1) is 11.7 Å². The van der Waals surface area contributed by atoms with Crippen molar-refractivity contribution in [3.8, 4) is 0 Å². The largest absolute Gasteiger partial charge is 0.445 e. The zero-order valence-electron chi connectivity index (χ0n) is 29.1. The molecule has 3 fully saturated rings. The number of hydrazine groups is 1. The summed E-state index contributed by atoms with van der Waals surface area (Å²) in [4.78, 5) is 55.3. The van der Waals surface area contributed by atoms with Crippen molar-refractivity contribution in [2.75, 3.05) is 6.54 Å². The predicted molar refractivity (Wildman–Crippen MR) is 179 cm³/mol. The Morgan fingerprint density at radius 2 is 1.86 bits per heavy atom. The molecular weight excluding hydrogens is 687 g/mol. The Kier molecular flexibility index (Phi) is 10.4. The molecule has 5 aliphatic rings. The smallest absolute Gasteiger partial charge is 0.410 e. The van der Waals surface area contributed by atoms with Gasteiger partial charge in [0.15, 0.2) is 0 Å². The first kappa shape index (κ1) is 37.0. The summed E-state index contributed by atoms with van der Waals surface area (Å²) >= 11 is 0. The number of hydroxylamine groups is 1. The summed E-state index contributed by atoms with van der Waals surface area (Å²) in [6.45, 7) is 5.08. The molecule has 4 N–H and O–H groups in total. The lowest BCUT2D eigenvalue weighted by atomic mass is 10.1. The quantitative estimate of drug-likeness (QED) is 0.326. The van der Waals surface area contributed by atoms with Gasteiger partial charge < -0.3 is 20.1 Å². The van der Waals surface area contributed by atoms with Gasteiger partial charge in [-0.3, -0.25) is 24.4 Å². The maximum Gasteiger partial charge on any atom is 0.410 e. The topological polar surface area (TPSA) is 187 Å². The summed E-state index contributed by atoms with van der Waals surface area (Å²) in [6, 6.07) is 3.41. The van der Waals surface area contributed by atoms with E-state index in [-0.39, 0.29) is 38.9 Å². The van der Waals surface area contributed by atoms with Crippen LogP contribution in [0.15, 0.2) is 30.4 Å². The molecule has 15 nitrogen and oxygen atoms in total. The van der Waals surface area contributed by atoms with Crippen LogP contribution in [0.3, 0.4) is 0 Å². The van der Waals surface area contributed by atoms with Gasteiger partial charge >= 0.3 is 12.2 Å². The van der Waals surface area contributed by atoms with Gasteiger partial charge in [-0.1, -0.05) is 30.7 Å². The fourth-order valence-corrected chi connectivity index (χ4v) is 8.30. The van der Waals surface area contributed by atoms with E-state index in [1.54, 1.807) is 32.9 Å². The number of carbonyl (C=O) groups is 4. The minimum absolute atomic E-state index is 0.00546. The average molecular weight is 735 g/mol. The molecule has 51 heavy (non-hydrogen) atoms. The SMILES string of the molecule is CC(C)(C)OC(=O)NC1CCCCCC=CC2CC2(C(=O)NS(=O)(=O)C2CC2)NC(=O)C2CC(OC(=O)N3Cc4cccc(F)c4C3)CN2N1O. The number of rotatable bonds is 5. The summed E-state index contributed by atoms with van der Waals surface area (Å²) in [5.41, 5.74) is -1.32. The summed E-state index contributed by atoms with van der Waals surface area (Å²) < 4.78 is 53.3. The van der Waals surface area contributed by atoms with E-state index in [2.05, 4.69) is 15.4 Å². The second-order valence-corrected chi connectivity index (χ2v) is 17.1. The fraction of sp³-hybridized carbons (Fsp3) is 0.647. The lowest BCUT2D eigenvalue weighted by Gasteiger charge is -2.36. The summed E-state index contributed by atoms with van der Waals surface area (Å²) in [7, 11) is -3.91. The van der Waals surface area contributed by atoms with Crippen LogP contribution in [0.1, 0.15) is 89.7 Å². The molecule has 5 atom stereocenters. The molecule has 2 saturated carbocycles. The number of benzene rings is 1. The van der Waals surface area contributed by atoms with Crippen LogP contribution < -0.4 is 15.4 Å². The third-order valence-corrected chi connectivity index (χ3v) is 11.7. The van der Waals surface area contributed by atoms with E-state index < -0.39 is 80.5 Å². The van der Waals surface area contributed by atoms with E-state index >= 15 is 0 Å². The van der Waals surface area contributed by atoms with Crippen molar-refractivity contribution in [2.45, 2.75) is 126 Å². The van der Waals surface area contributed by atoms with Crippen molar-refractivity contribution >= 4 is 34.0 Å². The Morgan fingerprint density at radius 1 is 1.10 bits per heavy atom. The number of alkyl carbamates (subject to hydrolysis) is 1. The monoisotopic (exact) mass is 734 g/mol. The number of fused-ring (bicyclic) bond motifs is 3.